The van der Waals surface area contributed by atoms with Gasteiger partial charge in [0.1, 0.15) is 10.7 Å². The lowest BCUT2D eigenvalue weighted by atomic mass is 10.1. The summed E-state index contributed by atoms with van der Waals surface area (Å²) in [4.78, 5) is 25.0. The molecule has 0 saturated carbocycles. The second kappa shape index (κ2) is 6.88. The molecule has 2 aliphatic rings. The first-order valence-corrected chi connectivity index (χ1v) is 9.98. The number of fused-ring (bicyclic) bond motifs is 3. The highest BCUT2D eigenvalue weighted by molar-refractivity contribution is 7.90. The summed E-state index contributed by atoms with van der Waals surface area (Å²) in [6.07, 6.45) is 2.14. The van der Waals surface area contributed by atoms with Crippen LogP contribution in [-0.4, -0.2) is 38.8 Å². The number of nitrogens with two attached hydrogens (primary N) is 1. The lowest BCUT2D eigenvalue weighted by molar-refractivity contribution is -0.125. The van der Waals surface area contributed by atoms with Crippen LogP contribution >= 0.6 is 11.6 Å². The van der Waals surface area contributed by atoms with Crippen LogP contribution in [0.3, 0.4) is 0 Å². The van der Waals surface area contributed by atoms with Crippen molar-refractivity contribution < 1.29 is 22.7 Å². The average Bonchev–Trinajstić information content (AvgIpc) is 2.78. The molecule has 3 rings (SSSR count). The second-order valence-corrected chi connectivity index (χ2v) is 8.17. The van der Waals surface area contributed by atoms with Gasteiger partial charge in [0, 0.05) is 13.0 Å². The molecule has 2 N–H and O–H groups in total. The highest BCUT2D eigenvalue weighted by Gasteiger charge is 2.33. The number of amidine groups is 1. The van der Waals surface area contributed by atoms with E-state index in [2.05, 4.69) is 4.40 Å². The van der Waals surface area contributed by atoms with Crippen LogP contribution in [0.2, 0.25) is 5.02 Å². The first-order chi connectivity index (χ1) is 12.2. The van der Waals surface area contributed by atoms with Gasteiger partial charge in [0.15, 0.2) is 6.10 Å². The summed E-state index contributed by atoms with van der Waals surface area (Å²) in [7, 11) is -3.96. The molecule has 1 amide bonds. The zero-order chi connectivity index (χ0) is 19.1. The predicted octanol–water partition coefficient (Wildman–Crippen LogP) is 1.85. The molecular weight excluding hydrogens is 382 g/mol. The van der Waals surface area contributed by atoms with E-state index in [1.54, 1.807) is 0 Å². The van der Waals surface area contributed by atoms with Crippen LogP contribution < -0.4 is 10.6 Å². The van der Waals surface area contributed by atoms with Crippen LogP contribution in [0.4, 0.5) is 5.69 Å². The Morgan fingerprint density at radius 3 is 2.73 bits per heavy atom. The number of carbonyl (C=O) groups is 2. The van der Waals surface area contributed by atoms with E-state index in [0.717, 1.165) is 25.3 Å². The average molecular weight is 400 g/mol. The molecule has 26 heavy (non-hydrogen) atoms. The minimum atomic E-state index is -3.96. The summed E-state index contributed by atoms with van der Waals surface area (Å²) in [5.74, 6) is -1.26. The van der Waals surface area contributed by atoms with E-state index in [0.29, 0.717) is 24.5 Å². The molecule has 0 unspecified atom stereocenters. The normalized spacial score (nSPS) is 19.5. The Bertz CT molecular complexity index is 913. The third kappa shape index (κ3) is 3.41. The van der Waals surface area contributed by atoms with Crippen molar-refractivity contribution >= 4 is 45.0 Å². The first-order valence-electron chi connectivity index (χ1n) is 8.16. The van der Waals surface area contributed by atoms with Gasteiger partial charge in [-0.15, -0.1) is 4.40 Å². The maximum atomic E-state index is 12.6. The Morgan fingerprint density at radius 1 is 1.31 bits per heavy atom. The molecule has 140 valence electrons. The summed E-state index contributed by atoms with van der Waals surface area (Å²) in [6, 6.07) is 2.58. The molecule has 1 atom stereocenters. The molecule has 1 aromatic rings. The molecule has 1 aromatic carbocycles. The van der Waals surface area contributed by atoms with Gasteiger partial charge in [-0.1, -0.05) is 18.0 Å². The van der Waals surface area contributed by atoms with Crippen molar-refractivity contribution in [3.63, 3.8) is 0 Å². The fourth-order valence-electron chi connectivity index (χ4n) is 2.94. The van der Waals surface area contributed by atoms with E-state index in [9.17, 15) is 18.0 Å². The largest absolute Gasteiger partial charge is 0.449 e. The van der Waals surface area contributed by atoms with Crippen LogP contribution in [0.1, 0.15) is 43.0 Å². The van der Waals surface area contributed by atoms with Crippen LogP contribution in [0, 0.1) is 0 Å². The van der Waals surface area contributed by atoms with Gasteiger partial charge in [-0.05, 0) is 31.9 Å². The SMILES string of the molecule is C[C@H](OC(=O)c1cc2c(cc1Cl)N1CCCCCC1=NS2(=O)=O)C(N)=O. The smallest absolute Gasteiger partial charge is 0.340 e. The minimum Gasteiger partial charge on any atom is -0.449 e. The number of amides is 1. The van der Waals surface area contributed by atoms with E-state index in [1.807, 2.05) is 4.90 Å². The minimum absolute atomic E-state index is 0.0334. The van der Waals surface area contributed by atoms with Gasteiger partial charge in [-0.25, -0.2) is 4.79 Å². The molecule has 2 aliphatic heterocycles. The van der Waals surface area contributed by atoms with Crippen LogP contribution in [0.5, 0.6) is 0 Å². The third-order valence-electron chi connectivity index (χ3n) is 4.34. The zero-order valence-corrected chi connectivity index (χ0v) is 15.6. The fraction of sp³-hybridized carbons (Fsp3) is 0.438. The molecule has 1 saturated heterocycles. The van der Waals surface area contributed by atoms with E-state index < -0.39 is 28.0 Å². The molecule has 2 heterocycles. The van der Waals surface area contributed by atoms with Gasteiger partial charge in [-0.3, -0.25) is 4.79 Å². The number of carbonyl (C=O) groups excluding carboxylic acids is 2. The van der Waals surface area contributed by atoms with Crippen molar-refractivity contribution in [2.24, 2.45) is 10.1 Å². The Hall–Kier alpha value is -2.13. The van der Waals surface area contributed by atoms with Crippen LogP contribution in [-0.2, 0) is 19.6 Å². The Balaban J connectivity index is 2.06. The third-order valence-corrected chi connectivity index (χ3v) is 5.99. The lowest BCUT2D eigenvalue weighted by Crippen LogP contribution is -2.35. The molecular formula is C16H18ClN3O5S. The number of anilines is 1. The number of primary amides is 1. The summed E-state index contributed by atoms with van der Waals surface area (Å²) >= 11 is 6.21. The number of esters is 1. The number of hydrogen-bond acceptors (Lipinski definition) is 6. The Kier molecular flexibility index (Phi) is 4.94. The van der Waals surface area contributed by atoms with E-state index in [1.165, 1.54) is 13.0 Å². The zero-order valence-electron chi connectivity index (χ0n) is 14.1. The summed E-state index contributed by atoms with van der Waals surface area (Å²) in [6.45, 7) is 1.94. The molecule has 10 heteroatoms. The molecule has 0 spiro atoms. The highest BCUT2D eigenvalue weighted by Crippen LogP contribution is 2.38. The molecule has 0 aliphatic carbocycles. The van der Waals surface area contributed by atoms with Gasteiger partial charge in [0.05, 0.1) is 16.3 Å². The van der Waals surface area contributed by atoms with Crippen molar-refractivity contribution in [2.45, 2.75) is 43.6 Å². The van der Waals surface area contributed by atoms with Crippen LogP contribution in [0.15, 0.2) is 21.4 Å². The number of benzene rings is 1. The number of halogens is 1. The maximum Gasteiger partial charge on any atom is 0.340 e. The monoisotopic (exact) mass is 399 g/mol. The van der Waals surface area contributed by atoms with Crippen molar-refractivity contribution in [1.29, 1.82) is 0 Å². The van der Waals surface area contributed by atoms with E-state index in [4.69, 9.17) is 22.1 Å². The molecule has 0 radical (unpaired) electrons. The van der Waals surface area contributed by atoms with E-state index in [-0.39, 0.29) is 15.5 Å². The number of sulfonamides is 1. The topological polar surface area (TPSA) is 119 Å². The van der Waals surface area contributed by atoms with Crippen molar-refractivity contribution in [3.8, 4) is 0 Å². The van der Waals surface area contributed by atoms with Gasteiger partial charge in [0.25, 0.3) is 15.9 Å². The molecule has 0 bridgehead atoms. The molecule has 8 nitrogen and oxygen atoms in total. The maximum absolute atomic E-state index is 12.6. The number of rotatable bonds is 3. The van der Waals surface area contributed by atoms with Gasteiger partial charge in [0.2, 0.25) is 0 Å². The van der Waals surface area contributed by atoms with Crippen molar-refractivity contribution in [1.82, 2.24) is 0 Å². The van der Waals surface area contributed by atoms with Gasteiger partial charge >= 0.3 is 5.97 Å². The number of hydrogen-bond donors (Lipinski definition) is 1. The number of ether oxygens (including phenoxy) is 1. The van der Waals surface area contributed by atoms with Crippen LogP contribution in [0.25, 0.3) is 0 Å². The van der Waals surface area contributed by atoms with Gasteiger partial charge in [-0.2, -0.15) is 8.42 Å². The summed E-state index contributed by atoms with van der Waals surface area (Å²) in [5, 5.41) is 0.0334. The standard InChI is InChI=1S/C16H18ClN3O5S/c1-9(15(18)21)25-16(22)10-7-13-12(8-11(10)17)20-6-4-2-3-5-14(20)19-26(13,23)24/h7-9H,2-6H2,1H3,(H2,18,21)/t9-/m0/s1. The molecule has 1 fully saturated rings. The highest BCUT2D eigenvalue weighted by atomic mass is 35.5. The summed E-state index contributed by atoms with van der Waals surface area (Å²) in [5.41, 5.74) is 5.32. The molecule has 0 aromatic heterocycles. The predicted molar refractivity (Wildman–Crippen MR) is 96.0 cm³/mol. The number of nitrogens with zero attached hydrogens (tertiary/aromatic N) is 2. The lowest BCUT2D eigenvalue weighted by Gasteiger charge is -2.30. The summed E-state index contributed by atoms with van der Waals surface area (Å²) < 4.78 is 34.0. The van der Waals surface area contributed by atoms with Crippen molar-refractivity contribution in [3.05, 3.63) is 22.7 Å². The van der Waals surface area contributed by atoms with Crippen molar-refractivity contribution in [2.75, 3.05) is 11.4 Å². The fourth-order valence-corrected chi connectivity index (χ4v) is 4.44. The quantitative estimate of drug-likeness (QED) is 0.774. The Labute approximate surface area is 156 Å². The van der Waals surface area contributed by atoms with E-state index >= 15 is 0 Å². The van der Waals surface area contributed by atoms with Gasteiger partial charge < -0.3 is 15.4 Å². The first kappa shape index (κ1) is 18.7. The Morgan fingerprint density at radius 2 is 2.04 bits per heavy atom. The second-order valence-electron chi connectivity index (χ2n) is 6.19.